The zero-order chi connectivity index (χ0) is 19.9. The van der Waals surface area contributed by atoms with Crippen LogP contribution in [0.15, 0.2) is 47.1 Å². The summed E-state index contributed by atoms with van der Waals surface area (Å²) >= 11 is 0. The molecule has 0 aliphatic rings. The minimum atomic E-state index is -0.676. The van der Waals surface area contributed by atoms with Crippen molar-refractivity contribution in [1.29, 1.82) is 0 Å². The molecule has 7 heteroatoms. The summed E-state index contributed by atoms with van der Waals surface area (Å²) in [5.41, 5.74) is 1.37. The Morgan fingerprint density at radius 2 is 1.93 bits per heavy atom. The molecule has 28 heavy (non-hydrogen) atoms. The number of amides is 3. The Labute approximate surface area is 162 Å². The van der Waals surface area contributed by atoms with Crippen molar-refractivity contribution in [2.24, 2.45) is 0 Å². The number of hydrogen-bond acceptors (Lipinski definition) is 5. The highest BCUT2D eigenvalue weighted by Crippen LogP contribution is 2.30. The van der Waals surface area contributed by atoms with Gasteiger partial charge in [-0.1, -0.05) is 43.7 Å². The number of urea groups is 1. The van der Waals surface area contributed by atoms with E-state index < -0.39 is 24.5 Å². The Kier molecular flexibility index (Phi) is 6.26. The van der Waals surface area contributed by atoms with Crippen LogP contribution in [0.2, 0.25) is 0 Å². The molecule has 0 atom stereocenters. The van der Waals surface area contributed by atoms with Crippen LogP contribution in [0, 0.1) is 0 Å². The molecule has 2 N–H and O–H groups in total. The minimum absolute atomic E-state index is 0.0308. The Bertz CT molecular complexity index is 1010. The van der Waals surface area contributed by atoms with Crippen LogP contribution >= 0.6 is 0 Å². The summed E-state index contributed by atoms with van der Waals surface area (Å²) in [6, 6.07) is 11.0. The molecule has 0 unspecified atom stereocenters. The highest BCUT2D eigenvalue weighted by molar-refractivity contribution is 6.08. The normalized spacial score (nSPS) is 10.8. The minimum Gasteiger partial charge on any atom is -0.464 e. The monoisotopic (exact) mass is 382 g/mol. The lowest BCUT2D eigenvalue weighted by Gasteiger charge is -2.07. The van der Waals surface area contributed by atoms with Gasteiger partial charge in [0.05, 0.1) is 12.7 Å². The third-order valence-corrected chi connectivity index (χ3v) is 4.31. The van der Waals surface area contributed by atoms with Gasteiger partial charge >= 0.3 is 12.0 Å². The van der Waals surface area contributed by atoms with Crippen LogP contribution in [0.5, 0.6) is 0 Å². The summed E-state index contributed by atoms with van der Waals surface area (Å²) in [4.78, 5) is 35.4. The number of nitrogens with one attached hydrogen (secondary N) is 2. The summed E-state index contributed by atoms with van der Waals surface area (Å²) in [6.45, 7) is 1.96. The highest BCUT2D eigenvalue weighted by Gasteiger charge is 2.15. The van der Waals surface area contributed by atoms with Crippen LogP contribution in [0.3, 0.4) is 0 Å². The zero-order valence-electron chi connectivity index (χ0n) is 15.6. The molecule has 0 aliphatic carbocycles. The van der Waals surface area contributed by atoms with Crippen molar-refractivity contribution in [1.82, 2.24) is 10.6 Å². The molecule has 3 amide bonds. The van der Waals surface area contributed by atoms with Gasteiger partial charge in [0.2, 0.25) is 0 Å². The van der Waals surface area contributed by atoms with Crippen molar-refractivity contribution >= 4 is 39.6 Å². The molecular weight excluding hydrogens is 360 g/mol. The molecule has 0 aliphatic heterocycles. The second-order valence-corrected chi connectivity index (χ2v) is 6.42. The average Bonchev–Trinajstić information content (AvgIpc) is 3.10. The number of fused-ring (bicyclic) bond motifs is 3. The largest absolute Gasteiger partial charge is 0.464 e. The summed E-state index contributed by atoms with van der Waals surface area (Å²) in [6.07, 6.45) is 3.25. The summed E-state index contributed by atoms with van der Waals surface area (Å²) in [5.74, 6) is -1.25. The van der Waals surface area contributed by atoms with Crippen LogP contribution in [0.4, 0.5) is 4.79 Å². The van der Waals surface area contributed by atoms with Gasteiger partial charge in [-0.15, -0.1) is 0 Å². The van der Waals surface area contributed by atoms with E-state index in [1.807, 2.05) is 43.3 Å². The smallest absolute Gasteiger partial charge is 0.321 e. The number of benzene rings is 2. The van der Waals surface area contributed by atoms with E-state index >= 15 is 0 Å². The van der Waals surface area contributed by atoms with Crippen molar-refractivity contribution < 1.29 is 23.5 Å². The number of hydrogen-bond donors (Lipinski definition) is 2. The highest BCUT2D eigenvalue weighted by atomic mass is 16.5. The number of carbonyl (C=O) groups excluding carboxylic acids is 3. The first kappa shape index (κ1) is 19.4. The summed E-state index contributed by atoms with van der Waals surface area (Å²) in [7, 11) is 0. The van der Waals surface area contributed by atoms with Crippen LogP contribution < -0.4 is 10.6 Å². The number of imide groups is 1. The van der Waals surface area contributed by atoms with E-state index in [4.69, 9.17) is 9.15 Å². The first-order valence-electron chi connectivity index (χ1n) is 9.19. The van der Waals surface area contributed by atoms with E-state index in [9.17, 15) is 14.4 Å². The van der Waals surface area contributed by atoms with E-state index in [0.29, 0.717) is 17.7 Å². The molecule has 0 spiro atoms. The molecule has 3 aromatic rings. The number of carbonyl (C=O) groups is 3. The Morgan fingerprint density at radius 1 is 1.11 bits per heavy atom. The van der Waals surface area contributed by atoms with E-state index in [1.165, 1.54) is 6.26 Å². The predicted molar refractivity (Wildman–Crippen MR) is 105 cm³/mol. The Balaban J connectivity index is 1.57. The Morgan fingerprint density at radius 3 is 2.75 bits per heavy atom. The zero-order valence-corrected chi connectivity index (χ0v) is 15.6. The molecule has 1 aromatic heterocycles. The fourth-order valence-electron chi connectivity index (χ4n) is 2.94. The maximum absolute atomic E-state index is 12.1. The second kappa shape index (κ2) is 9.03. The van der Waals surface area contributed by atoms with Gasteiger partial charge in [-0.05, 0) is 23.3 Å². The molecule has 146 valence electrons. The molecule has 0 saturated heterocycles. The van der Waals surface area contributed by atoms with Gasteiger partial charge in [0.15, 0.2) is 6.61 Å². The molecular formula is C21H22N2O5. The average molecular weight is 382 g/mol. The van der Waals surface area contributed by atoms with Crippen LogP contribution in [-0.4, -0.2) is 31.1 Å². The van der Waals surface area contributed by atoms with Gasteiger partial charge in [-0.25, -0.2) is 4.79 Å². The molecule has 3 rings (SSSR count). The van der Waals surface area contributed by atoms with Gasteiger partial charge in [0.25, 0.3) is 5.91 Å². The van der Waals surface area contributed by atoms with Gasteiger partial charge in [-0.2, -0.15) is 0 Å². The first-order valence-corrected chi connectivity index (χ1v) is 9.19. The van der Waals surface area contributed by atoms with Crippen molar-refractivity contribution in [2.75, 3.05) is 13.2 Å². The maximum atomic E-state index is 12.1. The second-order valence-electron chi connectivity index (χ2n) is 6.42. The van der Waals surface area contributed by atoms with E-state index in [1.54, 1.807) is 0 Å². The van der Waals surface area contributed by atoms with Gasteiger partial charge in [0.1, 0.15) is 5.58 Å². The lowest BCUT2D eigenvalue weighted by Crippen LogP contribution is -2.41. The molecule has 0 fully saturated rings. The van der Waals surface area contributed by atoms with Gasteiger partial charge < -0.3 is 14.5 Å². The van der Waals surface area contributed by atoms with E-state index in [0.717, 1.165) is 29.0 Å². The SMILES string of the molecule is CCCCNC(=O)NC(=O)COC(=O)Cc1coc2ccc3ccccc3c12. The third-order valence-electron chi connectivity index (χ3n) is 4.31. The van der Waals surface area contributed by atoms with Gasteiger partial charge in [-0.3, -0.25) is 14.9 Å². The van der Waals surface area contributed by atoms with Crippen molar-refractivity contribution in [3.05, 3.63) is 48.2 Å². The molecule has 0 bridgehead atoms. The molecule has 0 saturated carbocycles. The molecule has 7 nitrogen and oxygen atoms in total. The van der Waals surface area contributed by atoms with Crippen molar-refractivity contribution in [3.63, 3.8) is 0 Å². The fraction of sp³-hybridized carbons (Fsp3) is 0.286. The van der Waals surface area contributed by atoms with Crippen LogP contribution in [0.1, 0.15) is 25.3 Å². The standard InChI is InChI=1S/C21H22N2O5/c1-2-3-10-22-21(26)23-18(24)13-28-19(25)11-15-12-27-17-9-8-14-6-4-5-7-16(14)20(15)17/h4-9,12H,2-3,10-11,13H2,1H3,(H2,22,23,24,26). The first-order chi connectivity index (χ1) is 13.6. The lowest BCUT2D eigenvalue weighted by atomic mass is 10.0. The maximum Gasteiger partial charge on any atom is 0.321 e. The number of unbranched alkanes of at least 4 members (excludes halogenated alkanes) is 1. The summed E-state index contributed by atoms with van der Waals surface area (Å²) < 4.78 is 10.5. The van der Waals surface area contributed by atoms with Crippen molar-refractivity contribution in [2.45, 2.75) is 26.2 Å². The van der Waals surface area contributed by atoms with Crippen molar-refractivity contribution in [3.8, 4) is 0 Å². The third kappa shape index (κ3) is 4.68. The van der Waals surface area contributed by atoms with Crippen LogP contribution in [0.25, 0.3) is 21.7 Å². The topological polar surface area (TPSA) is 97.6 Å². The summed E-state index contributed by atoms with van der Waals surface area (Å²) in [5, 5.41) is 7.56. The fourth-order valence-corrected chi connectivity index (χ4v) is 2.94. The molecule has 0 radical (unpaired) electrons. The van der Waals surface area contributed by atoms with E-state index in [2.05, 4.69) is 10.6 Å². The number of furan rings is 1. The predicted octanol–water partition coefficient (Wildman–Crippen LogP) is 3.30. The quantitative estimate of drug-likeness (QED) is 0.483. The lowest BCUT2D eigenvalue weighted by molar-refractivity contribution is -0.147. The van der Waals surface area contributed by atoms with Crippen LogP contribution in [-0.2, 0) is 20.7 Å². The number of rotatable bonds is 7. The molecule has 2 aromatic carbocycles. The molecule has 1 heterocycles. The number of esters is 1. The van der Waals surface area contributed by atoms with E-state index in [-0.39, 0.29) is 6.42 Å². The van der Waals surface area contributed by atoms with Gasteiger partial charge in [0, 0.05) is 17.5 Å². The number of ether oxygens (including phenoxy) is 1. The Hall–Kier alpha value is -3.35.